The molecule has 0 saturated carbocycles. The molecule has 0 aliphatic carbocycles. The monoisotopic (exact) mass is 1180 g/mol. The number of amides is 1. The van der Waals surface area contributed by atoms with Gasteiger partial charge in [-0.15, -0.1) is 0 Å². The van der Waals surface area contributed by atoms with E-state index in [1.165, 1.54) is 334 Å². The summed E-state index contributed by atoms with van der Waals surface area (Å²) in [6.45, 7) is 4.93. The molecule has 84 heavy (non-hydrogen) atoms. The molecule has 0 fully saturated rings. The molecule has 2 unspecified atom stereocenters. The number of esters is 1. The molecule has 0 aliphatic heterocycles. The lowest BCUT2D eigenvalue weighted by Crippen LogP contribution is -2.45. The minimum absolute atomic E-state index is 0.0109. The Morgan fingerprint density at radius 2 is 0.595 bits per heavy atom. The highest BCUT2D eigenvalue weighted by atomic mass is 16.5. The van der Waals surface area contributed by atoms with Gasteiger partial charge in [-0.3, -0.25) is 9.59 Å². The molecule has 0 aromatic carbocycles. The first kappa shape index (κ1) is 81.8. The Morgan fingerprint density at radius 3 is 0.917 bits per heavy atom. The molecule has 2 atom stereocenters. The summed E-state index contributed by atoms with van der Waals surface area (Å²) in [6, 6.07) is -0.627. The van der Waals surface area contributed by atoms with Gasteiger partial charge < -0.3 is 20.3 Å². The number of carbonyl (C=O) groups excluding carboxylic acids is 2. The van der Waals surface area contributed by atoms with Crippen LogP contribution in [-0.4, -0.2) is 47.4 Å². The second-order valence-corrected chi connectivity index (χ2v) is 26.0. The number of hydrogen-bond donors (Lipinski definition) is 3. The Balaban J connectivity index is 3.39. The van der Waals surface area contributed by atoms with Gasteiger partial charge in [0.2, 0.25) is 5.91 Å². The van der Waals surface area contributed by atoms with Gasteiger partial charge in [-0.2, -0.15) is 0 Å². The fourth-order valence-corrected chi connectivity index (χ4v) is 11.8. The second-order valence-electron chi connectivity index (χ2n) is 26.0. The highest BCUT2D eigenvalue weighted by Crippen LogP contribution is 2.19. The van der Waals surface area contributed by atoms with Gasteiger partial charge in [0.15, 0.2) is 0 Å². The average Bonchev–Trinajstić information content (AvgIpc) is 3.51. The maximum absolute atomic E-state index is 12.5. The second kappa shape index (κ2) is 73.3. The van der Waals surface area contributed by atoms with Gasteiger partial charge in [-0.05, 0) is 89.9 Å². The van der Waals surface area contributed by atoms with E-state index in [0.29, 0.717) is 19.4 Å². The molecule has 0 radical (unpaired) electrons. The van der Waals surface area contributed by atoms with Crippen LogP contribution in [0.1, 0.15) is 412 Å². The van der Waals surface area contributed by atoms with Gasteiger partial charge in [0.05, 0.1) is 25.4 Å². The van der Waals surface area contributed by atoms with Crippen molar-refractivity contribution in [3.05, 3.63) is 48.6 Å². The Hall–Kier alpha value is -2.18. The van der Waals surface area contributed by atoms with Crippen LogP contribution in [0.3, 0.4) is 0 Å². The molecule has 0 aliphatic rings. The SMILES string of the molecule is CCCCCCCC/C=C\CCCCCCCCCC(=O)OCCCCCCCCCCC/C=C\C/C=C\CCCCCCCCCCCCCCCCCCCC(=O)NC(CO)C(O)/C=C/CCCCCCCCCCCCCCCCC. The van der Waals surface area contributed by atoms with Crippen LogP contribution in [-0.2, 0) is 14.3 Å². The van der Waals surface area contributed by atoms with Crippen molar-refractivity contribution < 1.29 is 24.5 Å². The van der Waals surface area contributed by atoms with Crippen molar-refractivity contribution in [3.8, 4) is 0 Å². The molecule has 0 aromatic rings. The molecule has 0 saturated heterocycles. The van der Waals surface area contributed by atoms with E-state index in [2.05, 4.69) is 55.6 Å². The predicted molar refractivity (Wildman–Crippen MR) is 370 cm³/mol. The summed E-state index contributed by atoms with van der Waals surface area (Å²) in [6.07, 6.45) is 96.4. The number of unbranched alkanes of at least 4 members (excludes halogenated alkanes) is 54. The maximum atomic E-state index is 12.5. The zero-order valence-electron chi connectivity index (χ0n) is 56.6. The van der Waals surface area contributed by atoms with Crippen molar-refractivity contribution in [2.45, 2.75) is 424 Å². The molecule has 0 heterocycles. The minimum atomic E-state index is -0.844. The van der Waals surface area contributed by atoms with Gasteiger partial charge >= 0.3 is 5.97 Å². The number of rotatable bonds is 71. The first-order valence-corrected chi connectivity index (χ1v) is 37.9. The lowest BCUT2D eigenvalue weighted by molar-refractivity contribution is -0.143. The van der Waals surface area contributed by atoms with Crippen LogP contribution >= 0.6 is 0 Å². The third kappa shape index (κ3) is 68.9. The quantitative estimate of drug-likeness (QED) is 0.0320. The van der Waals surface area contributed by atoms with Crippen molar-refractivity contribution in [2.24, 2.45) is 0 Å². The maximum Gasteiger partial charge on any atom is 0.305 e. The zero-order valence-corrected chi connectivity index (χ0v) is 56.6. The van der Waals surface area contributed by atoms with Crippen molar-refractivity contribution in [1.29, 1.82) is 0 Å². The fraction of sp³-hybridized carbons (Fsp3) is 0.872. The molecule has 6 heteroatoms. The molecule has 6 nitrogen and oxygen atoms in total. The highest BCUT2D eigenvalue weighted by Gasteiger charge is 2.18. The van der Waals surface area contributed by atoms with Crippen molar-refractivity contribution in [3.63, 3.8) is 0 Å². The number of nitrogens with one attached hydrogen (secondary N) is 1. The first-order valence-electron chi connectivity index (χ1n) is 37.9. The zero-order chi connectivity index (χ0) is 60.6. The van der Waals surface area contributed by atoms with Crippen molar-refractivity contribution in [1.82, 2.24) is 5.32 Å². The van der Waals surface area contributed by atoms with E-state index >= 15 is 0 Å². The van der Waals surface area contributed by atoms with Gasteiger partial charge in [-0.1, -0.05) is 358 Å². The molecule has 1 amide bonds. The average molecular weight is 1180 g/mol. The number of allylic oxidation sites excluding steroid dienone is 7. The van der Waals surface area contributed by atoms with E-state index in [9.17, 15) is 19.8 Å². The summed E-state index contributed by atoms with van der Waals surface area (Å²) in [5, 5.41) is 23.2. The molecule has 0 aromatic heterocycles. The number of aliphatic hydroxyl groups excluding tert-OH is 2. The normalized spacial score (nSPS) is 12.8. The largest absolute Gasteiger partial charge is 0.466 e. The molecular formula is C78H147NO5. The topological polar surface area (TPSA) is 95.9 Å². The van der Waals surface area contributed by atoms with Gasteiger partial charge in [0.1, 0.15) is 0 Å². The number of ether oxygens (including phenoxy) is 1. The standard InChI is InChI=1S/C78H147NO5/c1-3-5-7-9-11-13-15-17-19-38-42-46-50-54-58-62-66-70-76(81)75(74-80)79-77(82)71-67-63-59-55-51-47-43-40-36-34-32-30-28-26-24-22-21-23-25-27-29-31-33-35-37-41-45-49-53-57-61-65-69-73-84-78(83)72-68-64-60-56-52-48-44-39-20-18-16-14-12-10-8-6-4-2/h18,20,25,27,31,33,66,70,75-76,80-81H,3-17,19,21-24,26,28-30,32,34-65,67-69,71-74H2,1-2H3,(H,79,82)/b20-18-,27-25-,33-31-,70-66+. The van der Waals surface area contributed by atoms with Crippen LogP contribution in [0.15, 0.2) is 48.6 Å². The lowest BCUT2D eigenvalue weighted by Gasteiger charge is -2.20. The molecule has 0 bridgehead atoms. The van der Waals surface area contributed by atoms with E-state index in [4.69, 9.17) is 4.74 Å². The molecule has 494 valence electrons. The number of hydrogen-bond acceptors (Lipinski definition) is 5. The summed E-state index contributed by atoms with van der Waals surface area (Å²) in [4.78, 5) is 24.6. The van der Waals surface area contributed by atoms with E-state index in [1.807, 2.05) is 6.08 Å². The van der Waals surface area contributed by atoms with Crippen LogP contribution in [0.5, 0.6) is 0 Å². The van der Waals surface area contributed by atoms with E-state index in [-0.39, 0.29) is 18.5 Å². The van der Waals surface area contributed by atoms with Crippen molar-refractivity contribution >= 4 is 11.9 Å². The smallest absolute Gasteiger partial charge is 0.305 e. The van der Waals surface area contributed by atoms with Crippen LogP contribution in [0.4, 0.5) is 0 Å². The van der Waals surface area contributed by atoms with Crippen molar-refractivity contribution in [2.75, 3.05) is 13.2 Å². The summed E-state index contributed by atoms with van der Waals surface area (Å²) >= 11 is 0. The van der Waals surface area contributed by atoms with E-state index in [1.54, 1.807) is 6.08 Å². The highest BCUT2D eigenvalue weighted by molar-refractivity contribution is 5.76. The fourth-order valence-electron chi connectivity index (χ4n) is 11.8. The molecule has 0 rings (SSSR count). The van der Waals surface area contributed by atoms with Gasteiger partial charge in [0.25, 0.3) is 0 Å². The lowest BCUT2D eigenvalue weighted by atomic mass is 10.0. The predicted octanol–water partition coefficient (Wildman–Crippen LogP) is 24.8. The van der Waals surface area contributed by atoms with Crippen LogP contribution in [0, 0.1) is 0 Å². The Bertz CT molecular complexity index is 1400. The molecule has 0 spiro atoms. The molecule has 3 N–H and O–H groups in total. The molecular weight excluding hydrogens is 1030 g/mol. The van der Waals surface area contributed by atoms with E-state index in [0.717, 1.165) is 51.4 Å². The summed E-state index contributed by atoms with van der Waals surface area (Å²) in [5.74, 6) is -0.0524. The van der Waals surface area contributed by atoms with Crippen LogP contribution < -0.4 is 5.32 Å². The number of carbonyl (C=O) groups is 2. The summed E-state index contributed by atoms with van der Waals surface area (Å²) in [7, 11) is 0. The third-order valence-corrected chi connectivity index (χ3v) is 17.6. The Kier molecular flexibility index (Phi) is 71.4. The van der Waals surface area contributed by atoms with Crippen LogP contribution in [0.25, 0.3) is 0 Å². The first-order chi connectivity index (χ1) is 41.5. The third-order valence-electron chi connectivity index (χ3n) is 17.6. The van der Waals surface area contributed by atoms with E-state index < -0.39 is 12.1 Å². The summed E-state index contributed by atoms with van der Waals surface area (Å²) in [5.41, 5.74) is 0. The van der Waals surface area contributed by atoms with Gasteiger partial charge in [-0.25, -0.2) is 0 Å². The Morgan fingerprint density at radius 1 is 0.333 bits per heavy atom. The minimum Gasteiger partial charge on any atom is -0.466 e. The van der Waals surface area contributed by atoms with Crippen LogP contribution in [0.2, 0.25) is 0 Å². The Labute approximate surface area is 525 Å². The van der Waals surface area contributed by atoms with Gasteiger partial charge in [0, 0.05) is 12.8 Å². The summed E-state index contributed by atoms with van der Waals surface area (Å²) < 4.78 is 5.50. The number of aliphatic hydroxyl groups is 2.